The number of benzene rings is 1. The summed E-state index contributed by atoms with van der Waals surface area (Å²) in [6.45, 7) is 0. The van der Waals surface area contributed by atoms with E-state index in [9.17, 15) is 5.11 Å². The minimum absolute atomic E-state index is 0. The first-order chi connectivity index (χ1) is 7.41. The summed E-state index contributed by atoms with van der Waals surface area (Å²) in [4.78, 5) is 0. The van der Waals surface area contributed by atoms with Gasteiger partial charge in [0.1, 0.15) is 12.2 Å². The van der Waals surface area contributed by atoms with E-state index in [1.54, 1.807) is 35.6 Å². The monoisotopic (exact) mass is 341 g/mol. The van der Waals surface area contributed by atoms with Crippen LogP contribution in [0, 0.1) is 0 Å². The Morgan fingerprint density at radius 1 is 1.35 bits per heavy atom. The van der Waals surface area contributed by atoms with Crippen LogP contribution in [0.2, 0.25) is 0 Å². The highest BCUT2D eigenvalue weighted by molar-refractivity contribution is 9.10. The fourth-order valence-electron chi connectivity index (χ4n) is 0.947. The molecule has 0 aliphatic carbocycles. The second-order valence-electron chi connectivity index (χ2n) is 3.32. The molecule has 0 spiro atoms. The Labute approximate surface area is 121 Å². The SMILES string of the molecule is CN(C)OSN(C)c1cc(N)c(O)c(Br)c1.S. The van der Waals surface area contributed by atoms with Crippen LogP contribution in [0.15, 0.2) is 16.6 Å². The molecule has 0 aromatic heterocycles. The Morgan fingerprint density at radius 2 is 1.94 bits per heavy atom. The number of halogens is 1. The third-order valence-corrected chi connectivity index (χ3v) is 3.14. The molecule has 0 atom stereocenters. The largest absolute Gasteiger partial charge is 0.505 e. The van der Waals surface area contributed by atoms with Crippen molar-refractivity contribution in [2.45, 2.75) is 0 Å². The van der Waals surface area contributed by atoms with Gasteiger partial charge in [-0.15, -0.1) is 0 Å². The van der Waals surface area contributed by atoms with Crippen LogP contribution in [0.3, 0.4) is 0 Å². The molecule has 0 saturated carbocycles. The molecular formula is C9H16BrN3O2S2. The number of hydrogen-bond acceptors (Lipinski definition) is 6. The van der Waals surface area contributed by atoms with Gasteiger partial charge in [-0.05, 0) is 28.1 Å². The summed E-state index contributed by atoms with van der Waals surface area (Å²) in [5, 5.41) is 11.1. The molecule has 1 aromatic carbocycles. The zero-order valence-electron chi connectivity index (χ0n) is 9.77. The van der Waals surface area contributed by atoms with E-state index in [1.807, 2.05) is 7.05 Å². The van der Waals surface area contributed by atoms with E-state index in [0.717, 1.165) is 17.9 Å². The maximum atomic E-state index is 9.49. The summed E-state index contributed by atoms with van der Waals surface area (Å²) >= 11 is 4.39. The minimum atomic E-state index is 0. The summed E-state index contributed by atoms with van der Waals surface area (Å²) in [6.07, 6.45) is 0. The zero-order valence-corrected chi connectivity index (χ0v) is 13.2. The third-order valence-electron chi connectivity index (χ3n) is 1.74. The van der Waals surface area contributed by atoms with Crippen LogP contribution in [0.4, 0.5) is 11.4 Å². The molecule has 0 aliphatic rings. The fourth-order valence-corrected chi connectivity index (χ4v) is 1.84. The van der Waals surface area contributed by atoms with Crippen LogP contribution < -0.4 is 10.0 Å². The molecule has 17 heavy (non-hydrogen) atoms. The topological polar surface area (TPSA) is 62.0 Å². The zero-order chi connectivity index (χ0) is 12.3. The van der Waals surface area contributed by atoms with Crippen molar-refractivity contribution in [3.05, 3.63) is 16.6 Å². The highest BCUT2D eigenvalue weighted by atomic mass is 79.9. The fraction of sp³-hybridized carbons (Fsp3) is 0.333. The second-order valence-corrected chi connectivity index (χ2v) is 5.02. The maximum Gasteiger partial charge on any atom is 0.152 e. The van der Waals surface area contributed by atoms with Gasteiger partial charge in [-0.2, -0.15) is 18.6 Å². The number of anilines is 2. The summed E-state index contributed by atoms with van der Waals surface area (Å²) in [5.41, 5.74) is 6.80. The Morgan fingerprint density at radius 3 is 2.41 bits per heavy atom. The number of aromatic hydroxyl groups is 1. The Balaban J connectivity index is 0.00000256. The van der Waals surface area contributed by atoms with E-state index >= 15 is 0 Å². The van der Waals surface area contributed by atoms with Crippen LogP contribution in [0.5, 0.6) is 5.75 Å². The van der Waals surface area contributed by atoms with Gasteiger partial charge in [-0.25, -0.2) is 4.28 Å². The van der Waals surface area contributed by atoms with Gasteiger partial charge < -0.3 is 10.8 Å². The van der Waals surface area contributed by atoms with Gasteiger partial charge in [0.15, 0.2) is 5.75 Å². The van der Waals surface area contributed by atoms with Crippen LogP contribution in [-0.2, 0) is 4.28 Å². The molecule has 0 fully saturated rings. The first-order valence-corrected chi connectivity index (χ1v) is 5.94. The molecule has 0 amide bonds. The summed E-state index contributed by atoms with van der Waals surface area (Å²) in [7, 11) is 5.43. The first-order valence-electron chi connectivity index (χ1n) is 4.45. The molecule has 98 valence electrons. The van der Waals surface area contributed by atoms with Crippen molar-refractivity contribution >= 4 is 53.0 Å². The number of phenolic OH excluding ortho intramolecular Hbond substituents is 1. The summed E-state index contributed by atoms with van der Waals surface area (Å²) in [6, 6.07) is 3.43. The number of nitrogen functional groups attached to an aromatic ring is 1. The maximum absolute atomic E-state index is 9.49. The van der Waals surface area contributed by atoms with E-state index in [2.05, 4.69) is 15.9 Å². The van der Waals surface area contributed by atoms with E-state index in [0.29, 0.717) is 10.2 Å². The molecule has 0 aliphatic heterocycles. The van der Waals surface area contributed by atoms with E-state index in [4.69, 9.17) is 10.0 Å². The highest BCUT2D eigenvalue weighted by Crippen LogP contribution is 2.36. The van der Waals surface area contributed by atoms with Gasteiger partial charge in [0.25, 0.3) is 0 Å². The standard InChI is InChI=1S/C9H14BrN3O2S.H2S/c1-12(2)15-16-13(3)6-4-7(10)9(14)8(11)5-6;/h4-5,14H,11H2,1-3H3;1H2. The van der Waals surface area contributed by atoms with Crippen molar-refractivity contribution in [1.29, 1.82) is 0 Å². The van der Waals surface area contributed by atoms with Gasteiger partial charge >= 0.3 is 0 Å². The number of hydrogen-bond donors (Lipinski definition) is 2. The number of rotatable bonds is 4. The van der Waals surface area contributed by atoms with E-state index < -0.39 is 0 Å². The lowest BCUT2D eigenvalue weighted by molar-refractivity contribution is 0.0230. The third kappa shape index (κ3) is 4.84. The molecule has 0 radical (unpaired) electrons. The number of nitrogens with zero attached hydrogens (tertiary/aromatic N) is 2. The number of nitrogens with two attached hydrogens (primary N) is 1. The van der Waals surface area contributed by atoms with Crippen molar-refractivity contribution in [3.63, 3.8) is 0 Å². The molecule has 8 heteroatoms. The summed E-state index contributed by atoms with van der Waals surface area (Å²) in [5.74, 6) is 0.0516. The number of phenols is 1. The van der Waals surface area contributed by atoms with Crippen LogP contribution >= 0.6 is 41.7 Å². The normalized spacial score (nSPS) is 10.2. The summed E-state index contributed by atoms with van der Waals surface area (Å²) < 4.78 is 7.57. The van der Waals surface area contributed by atoms with Gasteiger partial charge in [-0.3, -0.25) is 4.31 Å². The minimum Gasteiger partial charge on any atom is -0.505 e. The lowest BCUT2D eigenvalue weighted by Crippen LogP contribution is -2.14. The molecule has 0 unspecified atom stereocenters. The van der Waals surface area contributed by atoms with Gasteiger partial charge in [-0.1, -0.05) is 0 Å². The lowest BCUT2D eigenvalue weighted by Gasteiger charge is -2.19. The highest BCUT2D eigenvalue weighted by Gasteiger charge is 2.09. The second kappa shape index (κ2) is 7.22. The van der Waals surface area contributed by atoms with Crippen molar-refractivity contribution in [2.24, 2.45) is 0 Å². The number of hydroxylamine groups is 2. The van der Waals surface area contributed by atoms with Crippen molar-refractivity contribution in [3.8, 4) is 5.75 Å². The molecular weight excluding hydrogens is 326 g/mol. The average molecular weight is 342 g/mol. The van der Waals surface area contributed by atoms with Gasteiger partial charge in [0, 0.05) is 21.1 Å². The van der Waals surface area contributed by atoms with Gasteiger partial charge in [0.05, 0.1) is 15.8 Å². The predicted octanol–water partition coefficient (Wildman–Crippen LogP) is 2.34. The quantitative estimate of drug-likeness (QED) is 0.288. The molecule has 5 nitrogen and oxygen atoms in total. The van der Waals surface area contributed by atoms with Crippen molar-refractivity contribution in [2.75, 3.05) is 31.2 Å². The smallest absolute Gasteiger partial charge is 0.152 e. The molecule has 0 bridgehead atoms. The van der Waals surface area contributed by atoms with Gasteiger partial charge in [0.2, 0.25) is 0 Å². The Bertz CT molecular complexity index is 356. The van der Waals surface area contributed by atoms with Crippen molar-refractivity contribution in [1.82, 2.24) is 5.06 Å². The van der Waals surface area contributed by atoms with E-state index in [1.165, 1.54) is 0 Å². The average Bonchev–Trinajstić information content (AvgIpc) is 2.21. The van der Waals surface area contributed by atoms with E-state index in [-0.39, 0.29) is 19.2 Å². The first kappa shape index (κ1) is 16.7. The van der Waals surface area contributed by atoms with Crippen LogP contribution in [-0.4, -0.2) is 31.3 Å². The molecule has 3 N–H and O–H groups in total. The lowest BCUT2D eigenvalue weighted by atomic mass is 10.2. The Kier molecular flexibility index (Phi) is 7.10. The molecule has 0 heterocycles. The predicted molar refractivity (Wildman–Crippen MR) is 81.4 cm³/mol. The Hall–Kier alpha value is -0.280. The molecule has 1 aromatic rings. The van der Waals surface area contributed by atoms with Crippen molar-refractivity contribution < 1.29 is 9.39 Å². The molecule has 1 rings (SSSR count). The van der Waals surface area contributed by atoms with Crippen LogP contribution in [0.1, 0.15) is 0 Å². The van der Waals surface area contributed by atoms with Crippen LogP contribution in [0.25, 0.3) is 0 Å². The molecule has 0 saturated heterocycles.